The van der Waals surface area contributed by atoms with Crippen molar-refractivity contribution in [2.45, 2.75) is 37.0 Å². The van der Waals surface area contributed by atoms with E-state index in [4.69, 9.17) is 0 Å². The van der Waals surface area contributed by atoms with Crippen molar-refractivity contribution >= 4 is 10.0 Å². The molecule has 1 aromatic carbocycles. The van der Waals surface area contributed by atoms with Crippen LogP contribution in [0.25, 0.3) is 0 Å². The van der Waals surface area contributed by atoms with Gasteiger partial charge in [-0.05, 0) is 36.8 Å². The van der Waals surface area contributed by atoms with Gasteiger partial charge in [-0.15, -0.1) is 0 Å². The van der Waals surface area contributed by atoms with E-state index >= 15 is 0 Å². The van der Waals surface area contributed by atoms with Gasteiger partial charge in [0.15, 0.2) is 0 Å². The summed E-state index contributed by atoms with van der Waals surface area (Å²) in [5.41, 5.74) is 0. The first-order chi connectivity index (χ1) is 9.18. The van der Waals surface area contributed by atoms with E-state index in [9.17, 15) is 8.42 Å². The number of sulfonamides is 1. The second-order valence-corrected chi connectivity index (χ2v) is 7.71. The van der Waals surface area contributed by atoms with E-state index in [1.807, 2.05) is 6.07 Å². The number of fused-ring (bicyclic) bond motifs is 1. The molecule has 0 bridgehead atoms. The molecule has 1 saturated heterocycles. The van der Waals surface area contributed by atoms with Crippen molar-refractivity contribution in [3.63, 3.8) is 0 Å². The van der Waals surface area contributed by atoms with Gasteiger partial charge in [0.1, 0.15) is 0 Å². The van der Waals surface area contributed by atoms with Gasteiger partial charge in [0, 0.05) is 13.1 Å². The van der Waals surface area contributed by atoms with Crippen molar-refractivity contribution in [3.05, 3.63) is 30.3 Å². The highest BCUT2D eigenvalue weighted by Gasteiger charge is 2.36. The number of piperidine rings is 1. The molecular weight excluding hydrogens is 258 g/mol. The van der Waals surface area contributed by atoms with Gasteiger partial charge in [0.2, 0.25) is 10.0 Å². The fourth-order valence-electron chi connectivity index (χ4n) is 3.53. The van der Waals surface area contributed by atoms with Gasteiger partial charge in [0.25, 0.3) is 0 Å². The van der Waals surface area contributed by atoms with Crippen molar-refractivity contribution in [2.75, 3.05) is 13.1 Å². The highest BCUT2D eigenvalue weighted by atomic mass is 32.2. The summed E-state index contributed by atoms with van der Waals surface area (Å²) in [5, 5.41) is 0. The largest absolute Gasteiger partial charge is 0.243 e. The molecular formula is C15H21NO2S. The Bertz CT molecular complexity index is 526. The van der Waals surface area contributed by atoms with Crippen molar-refractivity contribution in [2.24, 2.45) is 11.8 Å². The van der Waals surface area contributed by atoms with Crippen LogP contribution in [0.5, 0.6) is 0 Å². The van der Waals surface area contributed by atoms with Crippen LogP contribution in [0.1, 0.15) is 32.1 Å². The molecule has 3 rings (SSSR count). The molecule has 0 unspecified atom stereocenters. The number of nitrogens with zero attached hydrogens (tertiary/aromatic N) is 1. The Morgan fingerprint density at radius 1 is 0.947 bits per heavy atom. The fourth-order valence-corrected chi connectivity index (χ4v) is 5.06. The van der Waals surface area contributed by atoms with Gasteiger partial charge in [0.05, 0.1) is 4.90 Å². The highest BCUT2D eigenvalue weighted by Crippen LogP contribution is 2.37. The molecule has 104 valence electrons. The van der Waals surface area contributed by atoms with E-state index in [2.05, 4.69) is 0 Å². The zero-order valence-electron chi connectivity index (χ0n) is 11.2. The van der Waals surface area contributed by atoms with Crippen LogP contribution in [-0.4, -0.2) is 25.8 Å². The first-order valence-electron chi connectivity index (χ1n) is 7.23. The maximum Gasteiger partial charge on any atom is 0.243 e. The van der Waals surface area contributed by atoms with E-state index in [0.717, 1.165) is 18.9 Å². The molecule has 0 spiro atoms. The average Bonchev–Trinajstić information content (AvgIpc) is 2.47. The molecule has 1 aliphatic heterocycles. The molecule has 0 N–H and O–H groups in total. The summed E-state index contributed by atoms with van der Waals surface area (Å²) in [7, 11) is -3.28. The standard InChI is InChI=1S/C15H21NO2S/c17-19(18,15-8-2-1-3-9-15)16-11-10-13-6-4-5-7-14(13)12-16/h1-3,8-9,13-14H,4-7,10-12H2/t13-,14+/m0/s1. The molecule has 1 aliphatic carbocycles. The van der Waals surface area contributed by atoms with E-state index < -0.39 is 10.0 Å². The molecule has 1 saturated carbocycles. The van der Waals surface area contributed by atoms with Crippen LogP contribution in [0.15, 0.2) is 35.2 Å². The summed E-state index contributed by atoms with van der Waals surface area (Å²) in [5.74, 6) is 1.34. The van der Waals surface area contributed by atoms with Crippen molar-refractivity contribution in [1.29, 1.82) is 0 Å². The van der Waals surface area contributed by atoms with Crippen LogP contribution < -0.4 is 0 Å². The van der Waals surface area contributed by atoms with Gasteiger partial charge >= 0.3 is 0 Å². The SMILES string of the molecule is O=S(=O)(c1ccccc1)N1CC[C@@H]2CCCC[C@@H]2C1. The van der Waals surface area contributed by atoms with Gasteiger partial charge in [-0.2, -0.15) is 4.31 Å². The highest BCUT2D eigenvalue weighted by molar-refractivity contribution is 7.89. The second-order valence-electron chi connectivity index (χ2n) is 5.77. The molecule has 3 nitrogen and oxygen atoms in total. The molecule has 4 heteroatoms. The minimum absolute atomic E-state index is 0.434. The van der Waals surface area contributed by atoms with Gasteiger partial charge < -0.3 is 0 Å². The van der Waals surface area contributed by atoms with Crippen LogP contribution in [-0.2, 0) is 10.0 Å². The van der Waals surface area contributed by atoms with E-state index in [0.29, 0.717) is 17.4 Å². The van der Waals surface area contributed by atoms with Crippen LogP contribution in [0.3, 0.4) is 0 Å². The van der Waals surface area contributed by atoms with Crippen LogP contribution >= 0.6 is 0 Å². The van der Waals surface area contributed by atoms with Crippen molar-refractivity contribution in [3.8, 4) is 0 Å². The van der Waals surface area contributed by atoms with E-state index in [-0.39, 0.29) is 0 Å². The van der Waals surface area contributed by atoms with Crippen molar-refractivity contribution in [1.82, 2.24) is 4.31 Å². The minimum Gasteiger partial charge on any atom is -0.207 e. The molecule has 0 amide bonds. The second kappa shape index (κ2) is 5.25. The maximum absolute atomic E-state index is 12.6. The Hall–Kier alpha value is -0.870. The zero-order valence-corrected chi connectivity index (χ0v) is 12.0. The molecule has 0 aromatic heterocycles. The lowest BCUT2D eigenvalue weighted by molar-refractivity contribution is 0.136. The Labute approximate surface area is 115 Å². The average molecular weight is 279 g/mol. The summed E-state index contributed by atoms with van der Waals surface area (Å²) >= 11 is 0. The topological polar surface area (TPSA) is 37.4 Å². The van der Waals surface area contributed by atoms with Crippen LogP contribution in [0.4, 0.5) is 0 Å². The first kappa shape index (κ1) is 13.1. The fraction of sp³-hybridized carbons (Fsp3) is 0.600. The molecule has 0 radical (unpaired) electrons. The smallest absolute Gasteiger partial charge is 0.207 e. The predicted molar refractivity (Wildman–Crippen MR) is 75.3 cm³/mol. The lowest BCUT2D eigenvalue weighted by atomic mass is 9.76. The third-order valence-corrected chi connectivity index (χ3v) is 6.51. The number of benzene rings is 1. The first-order valence-corrected chi connectivity index (χ1v) is 8.67. The molecule has 2 aliphatic rings. The third-order valence-electron chi connectivity index (χ3n) is 4.63. The van der Waals surface area contributed by atoms with Crippen LogP contribution in [0, 0.1) is 11.8 Å². The van der Waals surface area contributed by atoms with Gasteiger partial charge in [-0.25, -0.2) is 8.42 Å². The molecule has 2 fully saturated rings. The Morgan fingerprint density at radius 3 is 2.37 bits per heavy atom. The maximum atomic E-state index is 12.6. The Kier molecular flexibility index (Phi) is 3.63. The summed E-state index contributed by atoms with van der Waals surface area (Å²) in [6, 6.07) is 8.83. The predicted octanol–water partition coefficient (Wildman–Crippen LogP) is 2.89. The number of rotatable bonds is 2. The normalized spacial score (nSPS) is 28.8. The number of hydrogen-bond acceptors (Lipinski definition) is 2. The molecule has 1 heterocycles. The third kappa shape index (κ3) is 2.56. The molecule has 1 aromatic rings. The Balaban J connectivity index is 1.79. The monoisotopic (exact) mass is 279 g/mol. The molecule has 19 heavy (non-hydrogen) atoms. The minimum atomic E-state index is -3.28. The van der Waals surface area contributed by atoms with E-state index in [1.165, 1.54) is 25.7 Å². The lowest BCUT2D eigenvalue weighted by Crippen LogP contribution is -2.44. The molecule has 2 atom stereocenters. The van der Waals surface area contributed by atoms with Crippen LogP contribution in [0.2, 0.25) is 0 Å². The summed E-state index contributed by atoms with van der Waals surface area (Å²) in [4.78, 5) is 0.434. The van der Waals surface area contributed by atoms with E-state index in [1.54, 1.807) is 28.6 Å². The summed E-state index contributed by atoms with van der Waals surface area (Å²) in [6.45, 7) is 1.42. The number of hydrogen-bond donors (Lipinski definition) is 0. The lowest BCUT2D eigenvalue weighted by Gasteiger charge is -2.40. The zero-order chi connectivity index (χ0) is 13.3. The van der Waals surface area contributed by atoms with Gasteiger partial charge in [-0.1, -0.05) is 37.5 Å². The van der Waals surface area contributed by atoms with Gasteiger partial charge in [-0.3, -0.25) is 0 Å². The van der Waals surface area contributed by atoms with Crippen molar-refractivity contribution < 1.29 is 8.42 Å². The summed E-state index contributed by atoms with van der Waals surface area (Å²) in [6.07, 6.45) is 6.12. The Morgan fingerprint density at radius 2 is 1.63 bits per heavy atom. The summed E-state index contributed by atoms with van der Waals surface area (Å²) < 4.78 is 26.9. The quantitative estimate of drug-likeness (QED) is 0.835.